The van der Waals surface area contributed by atoms with Crippen LogP contribution in [0.3, 0.4) is 0 Å². The summed E-state index contributed by atoms with van der Waals surface area (Å²) in [5, 5.41) is 3.97. The molecule has 1 aromatic heterocycles. The molecule has 1 amide bonds. The number of nitrogens with one attached hydrogen (secondary N) is 2. The molecular weight excluding hydrogens is 212 g/mol. The lowest BCUT2D eigenvalue weighted by atomic mass is 10.1. The fraction of sp³-hybridized carbons (Fsp3) is 0.357. The Morgan fingerprint density at radius 1 is 1.29 bits per heavy atom. The maximum absolute atomic E-state index is 10.6. The van der Waals surface area contributed by atoms with Gasteiger partial charge in [-0.2, -0.15) is 0 Å². The number of para-hydroxylation sites is 1. The lowest BCUT2D eigenvalue weighted by Crippen LogP contribution is -1.97. The van der Waals surface area contributed by atoms with E-state index in [0.29, 0.717) is 0 Å². The molecule has 0 bridgehead atoms. The standard InChI is InChI=1S/C14H18N2O/c1-2-3-4-8-12-11-7-5-6-9-13(11)16-14(12)15-10-17/h5-7,9-10,16H,2-4,8H2,1H3,(H,15,17). The quantitative estimate of drug-likeness (QED) is 0.579. The second kappa shape index (κ2) is 5.53. The molecule has 0 radical (unpaired) electrons. The van der Waals surface area contributed by atoms with Crippen molar-refractivity contribution in [2.45, 2.75) is 32.6 Å². The molecular formula is C14H18N2O. The van der Waals surface area contributed by atoms with Crippen LogP contribution in [0.2, 0.25) is 0 Å². The van der Waals surface area contributed by atoms with E-state index in [1.165, 1.54) is 23.8 Å². The summed E-state index contributed by atoms with van der Waals surface area (Å²) >= 11 is 0. The molecule has 0 aliphatic rings. The predicted molar refractivity (Wildman–Crippen MR) is 71.2 cm³/mol. The summed E-state index contributed by atoms with van der Waals surface area (Å²) < 4.78 is 0. The Morgan fingerprint density at radius 3 is 2.88 bits per heavy atom. The average Bonchev–Trinajstić information content (AvgIpc) is 2.69. The molecule has 17 heavy (non-hydrogen) atoms. The first kappa shape index (κ1) is 11.7. The first-order valence-electron chi connectivity index (χ1n) is 6.16. The largest absolute Gasteiger partial charge is 0.341 e. The molecule has 0 aliphatic heterocycles. The Labute approximate surface area is 101 Å². The molecule has 2 rings (SSSR count). The van der Waals surface area contributed by atoms with Crippen molar-refractivity contribution in [3.8, 4) is 0 Å². The van der Waals surface area contributed by atoms with Crippen molar-refractivity contribution in [3.63, 3.8) is 0 Å². The Hall–Kier alpha value is -1.77. The maximum Gasteiger partial charge on any atom is 0.212 e. The number of hydrogen-bond acceptors (Lipinski definition) is 1. The molecule has 0 atom stereocenters. The third-order valence-corrected chi connectivity index (χ3v) is 3.05. The SMILES string of the molecule is CCCCCc1c(NC=O)[nH]c2ccccc12. The highest BCUT2D eigenvalue weighted by atomic mass is 16.1. The van der Waals surface area contributed by atoms with E-state index < -0.39 is 0 Å². The van der Waals surface area contributed by atoms with Gasteiger partial charge in [0.15, 0.2) is 0 Å². The van der Waals surface area contributed by atoms with Crippen LogP contribution in [-0.2, 0) is 11.2 Å². The number of aromatic nitrogens is 1. The number of rotatable bonds is 6. The summed E-state index contributed by atoms with van der Waals surface area (Å²) in [6.07, 6.45) is 5.33. The van der Waals surface area contributed by atoms with E-state index in [2.05, 4.69) is 23.3 Å². The molecule has 2 aromatic rings. The molecule has 0 saturated carbocycles. The number of anilines is 1. The number of carbonyl (C=O) groups excluding carboxylic acids is 1. The van der Waals surface area contributed by atoms with Crippen molar-refractivity contribution in [1.29, 1.82) is 0 Å². The van der Waals surface area contributed by atoms with E-state index in [0.717, 1.165) is 30.6 Å². The van der Waals surface area contributed by atoms with Gasteiger partial charge in [0.05, 0.1) is 0 Å². The first-order chi connectivity index (χ1) is 8.36. The van der Waals surface area contributed by atoms with Crippen LogP contribution in [0.15, 0.2) is 24.3 Å². The Kier molecular flexibility index (Phi) is 3.81. The van der Waals surface area contributed by atoms with Crippen molar-refractivity contribution in [1.82, 2.24) is 4.98 Å². The molecule has 0 aliphatic carbocycles. The number of H-pyrrole nitrogens is 1. The van der Waals surface area contributed by atoms with Crippen molar-refractivity contribution in [2.75, 3.05) is 5.32 Å². The summed E-state index contributed by atoms with van der Waals surface area (Å²) in [4.78, 5) is 13.9. The second-order valence-corrected chi connectivity index (χ2v) is 4.24. The summed E-state index contributed by atoms with van der Waals surface area (Å²) in [7, 11) is 0. The topological polar surface area (TPSA) is 44.9 Å². The summed E-state index contributed by atoms with van der Waals surface area (Å²) in [6.45, 7) is 2.19. The van der Waals surface area contributed by atoms with E-state index in [4.69, 9.17) is 0 Å². The molecule has 0 fully saturated rings. The predicted octanol–water partition coefficient (Wildman–Crippen LogP) is 3.47. The third kappa shape index (κ3) is 2.49. The van der Waals surface area contributed by atoms with Crippen molar-refractivity contribution in [2.24, 2.45) is 0 Å². The van der Waals surface area contributed by atoms with Crippen LogP contribution in [0, 0.1) is 0 Å². The van der Waals surface area contributed by atoms with Gasteiger partial charge in [-0.25, -0.2) is 0 Å². The fourth-order valence-corrected chi connectivity index (χ4v) is 2.19. The van der Waals surface area contributed by atoms with Gasteiger partial charge in [-0.3, -0.25) is 4.79 Å². The van der Waals surface area contributed by atoms with Gasteiger partial charge in [0, 0.05) is 16.5 Å². The number of hydrogen-bond donors (Lipinski definition) is 2. The van der Waals surface area contributed by atoms with E-state index in [9.17, 15) is 4.79 Å². The number of unbranched alkanes of at least 4 members (excludes halogenated alkanes) is 2. The molecule has 1 aromatic carbocycles. The van der Waals surface area contributed by atoms with Gasteiger partial charge in [-0.15, -0.1) is 0 Å². The number of amides is 1. The minimum atomic E-state index is 0.730. The number of benzene rings is 1. The van der Waals surface area contributed by atoms with Crippen molar-refractivity contribution >= 4 is 23.1 Å². The molecule has 2 N–H and O–H groups in total. The summed E-state index contributed by atoms with van der Waals surface area (Å²) in [5.41, 5.74) is 2.31. The normalized spacial score (nSPS) is 10.6. The molecule has 0 unspecified atom stereocenters. The zero-order valence-corrected chi connectivity index (χ0v) is 10.1. The Balaban J connectivity index is 2.33. The van der Waals surface area contributed by atoms with Gasteiger partial charge < -0.3 is 10.3 Å². The minimum Gasteiger partial charge on any atom is -0.341 e. The molecule has 0 saturated heterocycles. The first-order valence-corrected chi connectivity index (χ1v) is 6.16. The minimum absolute atomic E-state index is 0.730. The van der Waals surface area contributed by atoms with Crippen LogP contribution in [0.4, 0.5) is 5.82 Å². The Bertz CT molecular complexity index is 502. The zero-order chi connectivity index (χ0) is 12.1. The number of fused-ring (bicyclic) bond motifs is 1. The summed E-state index contributed by atoms with van der Waals surface area (Å²) in [5.74, 6) is 0.845. The highest BCUT2D eigenvalue weighted by Gasteiger charge is 2.09. The van der Waals surface area contributed by atoms with Crippen molar-refractivity contribution in [3.05, 3.63) is 29.8 Å². The second-order valence-electron chi connectivity index (χ2n) is 4.24. The monoisotopic (exact) mass is 230 g/mol. The lowest BCUT2D eigenvalue weighted by molar-refractivity contribution is -0.105. The molecule has 1 heterocycles. The highest BCUT2D eigenvalue weighted by Crippen LogP contribution is 2.27. The third-order valence-electron chi connectivity index (χ3n) is 3.05. The van der Waals surface area contributed by atoms with Gasteiger partial charge in [0.25, 0.3) is 0 Å². The number of carbonyl (C=O) groups is 1. The van der Waals surface area contributed by atoms with E-state index >= 15 is 0 Å². The van der Waals surface area contributed by atoms with Crippen LogP contribution < -0.4 is 5.32 Å². The van der Waals surface area contributed by atoms with Crippen LogP contribution in [0.1, 0.15) is 31.7 Å². The molecule has 3 heteroatoms. The molecule has 90 valence electrons. The van der Waals surface area contributed by atoms with E-state index in [-0.39, 0.29) is 0 Å². The maximum atomic E-state index is 10.6. The number of aryl methyl sites for hydroxylation is 1. The van der Waals surface area contributed by atoms with Gasteiger partial charge in [-0.05, 0) is 18.9 Å². The smallest absolute Gasteiger partial charge is 0.212 e. The number of aromatic amines is 1. The van der Waals surface area contributed by atoms with Crippen molar-refractivity contribution < 1.29 is 4.79 Å². The zero-order valence-electron chi connectivity index (χ0n) is 10.1. The summed E-state index contributed by atoms with van der Waals surface area (Å²) in [6, 6.07) is 8.17. The van der Waals surface area contributed by atoms with Gasteiger partial charge in [-0.1, -0.05) is 38.0 Å². The van der Waals surface area contributed by atoms with Crippen LogP contribution in [0.25, 0.3) is 10.9 Å². The van der Waals surface area contributed by atoms with Gasteiger partial charge >= 0.3 is 0 Å². The lowest BCUT2D eigenvalue weighted by Gasteiger charge is -2.02. The fourth-order valence-electron chi connectivity index (χ4n) is 2.19. The van der Waals surface area contributed by atoms with Crippen LogP contribution >= 0.6 is 0 Å². The highest BCUT2D eigenvalue weighted by molar-refractivity contribution is 5.91. The molecule has 0 spiro atoms. The van der Waals surface area contributed by atoms with Crippen LogP contribution in [0.5, 0.6) is 0 Å². The average molecular weight is 230 g/mol. The van der Waals surface area contributed by atoms with Crippen LogP contribution in [-0.4, -0.2) is 11.4 Å². The van der Waals surface area contributed by atoms with E-state index in [1.54, 1.807) is 0 Å². The van der Waals surface area contributed by atoms with Gasteiger partial charge in [0.1, 0.15) is 5.82 Å². The van der Waals surface area contributed by atoms with Gasteiger partial charge in [0.2, 0.25) is 6.41 Å². The van der Waals surface area contributed by atoms with E-state index in [1.807, 2.05) is 18.2 Å². The molecule has 3 nitrogen and oxygen atoms in total. The Morgan fingerprint density at radius 2 is 2.12 bits per heavy atom.